The number of aromatic hydroxyl groups is 1. The van der Waals surface area contributed by atoms with Crippen molar-refractivity contribution in [2.45, 2.75) is 57.8 Å². The van der Waals surface area contributed by atoms with Gasteiger partial charge in [-0.3, -0.25) is 4.79 Å². The molecular formula is C26H29ClO2. The summed E-state index contributed by atoms with van der Waals surface area (Å²) in [6, 6.07) is 14.1. The third-order valence-corrected chi connectivity index (χ3v) is 8.52. The Labute approximate surface area is 178 Å². The number of rotatable bonds is 3. The molecule has 2 aromatic rings. The van der Waals surface area contributed by atoms with E-state index in [1.807, 2.05) is 24.3 Å². The van der Waals surface area contributed by atoms with Crippen molar-refractivity contribution >= 4 is 17.4 Å². The molecule has 3 aliphatic rings. The van der Waals surface area contributed by atoms with Crippen LogP contribution in [-0.2, 0) is 17.6 Å². The van der Waals surface area contributed by atoms with Gasteiger partial charge in [-0.2, -0.15) is 0 Å². The number of hydrogen-bond acceptors (Lipinski definition) is 2. The monoisotopic (exact) mass is 408 g/mol. The van der Waals surface area contributed by atoms with Crippen molar-refractivity contribution in [1.29, 1.82) is 0 Å². The van der Waals surface area contributed by atoms with E-state index in [4.69, 9.17) is 11.6 Å². The van der Waals surface area contributed by atoms with Gasteiger partial charge < -0.3 is 5.11 Å². The molecule has 3 heteroatoms. The van der Waals surface area contributed by atoms with Gasteiger partial charge in [-0.15, -0.1) is 0 Å². The Balaban J connectivity index is 1.41. The minimum atomic E-state index is -0.139. The first-order chi connectivity index (χ1) is 14.0. The number of carbonyl (C=O) groups excluding carboxylic acids is 1. The number of fused-ring (bicyclic) bond motifs is 5. The third kappa shape index (κ3) is 3.20. The molecule has 0 aromatic heterocycles. The lowest BCUT2D eigenvalue weighted by atomic mass is 9.54. The molecule has 2 aromatic carbocycles. The van der Waals surface area contributed by atoms with Gasteiger partial charge in [0, 0.05) is 16.9 Å². The molecule has 2 fully saturated rings. The van der Waals surface area contributed by atoms with Gasteiger partial charge in [-0.25, -0.2) is 0 Å². The third-order valence-electron chi connectivity index (χ3n) is 8.27. The molecule has 0 amide bonds. The Bertz CT molecular complexity index is 934. The maximum Gasteiger partial charge on any atom is 0.139 e. The van der Waals surface area contributed by atoms with Crippen LogP contribution in [0.1, 0.15) is 61.6 Å². The molecule has 0 heterocycles. The van der Waals surface area contributed by atoms with Crippen LogP contribution in [0.25, 0.3) is 0 Å². The van der Waals surface area contributed by atoms with Crippen LogP contribution < -0.4 is 0 Å². The number of benzene rings is 2. The highest BCUT2D eigenvalue weighted by molar-refractivity contribution is 6.30. The predicted molar refractivity (Wildman–Crippen MR) is 116 cm³/mol. The molecule has 0 radical (unpaired) electrons. The molecule has 2 saturated carbocycles. The average molecular weight is 409 g/mol. The highest BCUT2D eigenvalue weighted by Gasteiger charge is 2.58. The van der Waals surface area contributed by atoms with Gasteiger partial charge in [0.1, 0.15) is 11.5 Å². The van der Waals surface area contributed by atoms with Crippen LogP contribution in [0.5, 0.6) is 5.75 Å². The number of phenolic OH excluding ortho intramolecular Hbond substituents is 1. The van der Waals surface area contributed by atoms with Crippen LogP contribution in [-0.4, -0.2) is 10.9 Å². The molecule has 5 atom stereocenters. The Kier molecular flexibility index (Phi) is 4.74. The number of aryl methyl sites for hydroxylation is 2. The summed E-state index contributed by atoms with van der Waals surface area (Å²) in [6.45, 7) is 2.25. The first kappa shape index (κ1) is 19.2. The summed E-state index contributed by atoms with van der Waals surface area (Å²) in [4.78, 5) is 13.1. The molecule has 2 nitrogen and oxygen atoms in total. The number of Topliss-reactive ketones (excluding diaryl/α,β-unsaturated/α-hetero) is 1. The highest BCUT2D eigenvalue weighted by atomic mass is 35.5. The maximum atomic E-state index is 13.1. The normalized spacial score (nSPS) is 33.1. The molecule has 3 aliphatic carbocycles. The lowest BCUT2D eigenvalue weighted by molar-refractivity contribution is -0.129. The van der Waals surface area contributed by atoms with Gasteiger partial charge in [0.25, 0.3) is 0 Å². The summed E-state index contributed by atoms with van der Waals surface area (Å²) in [5.74, 6) is 2.98. The minimum Gasteiger partial charge on any atom is -0.508 e. The van der Waals surface area contributed by atoms with Crippen LogP contribution in [0.3, 0.4) is 0 Å². The largest absolute Gasteiger partial charge is 0.508 e. The molecule has 0 spiro atoms. The number of phenols is 1. The molecule has 0 aliphatic heterocycles. The van der Waals surface area contributed by atoms with Crippen LogP contribution in [0, 0.1) is 23.2 Å². The number of carbonyl (C=O) groups is 1. The Morgan fingerprint density at radius 2 is 1.93 bits per heavy atom. The van der Waals surface area contributed by atoms with Gasteiger partial charge in [0.15, 0.2) is 0 Å². The zero-order valence-electron chi connectivity index (χ0n) is 17.0. The Hall–Kier alpha value is -1.80. The van der Waals surface area contributed by atoms with Crippen molar-refractivity contribution in [2.24, 2.45) is 23.2 Å². The lowest BCUT2D eigenvalue weighted by Crippen LogP contribution is -2.44. The lowest BCUT2D eigenvalue weighted by Gasteiger charge is -2.50. The summed E-state index contributed by atoms with van der Waals surface area (Å²) in [6.07, 6.45) is 7.13. The molecule has 1 N–H and O–H groups in total. The number of ketones is 1. The summed E-state index contributed by atoms with van der Waals surface area (Å²) < 4.78 is 0. The van der Waals surface area contributed by atoms with Gasteiger partial charge in [-0.05, 0) is 103 Å². The van der Waals surface area contributed by atoms with E-state index in [1.54, 1.807) is 0 Å². The van der Waals surface area contributed by atoms with Gasteiger partial charge in [0.05, 0.1) is 0 Å². The Morgan fingerprint density at radius 1 is 1.14 bits per heavy atom. The smallest absolute Gasteiger partial charge is 0.139 e. The van der Waals surface area contributed by atoms with E-state index in [9.17, 15) is 9.90 Å². The second-order valence-electron chi connectivity index (χ2n) is 9.73. The van der Waals surface area contributed by atoms with E-state index in [-0.39, 0.29) is 5.41 Å². The zero-order valence-corrected chi connectivity index (χ0v) is 17.8. The SMILES string of the molecule is C[C@]12CC[C@@H]3c4ccc(O)cc4CC[C@H]3[C@@H]1[C@@H](CCc1ccc(Cl)cc1)CC2=O. The Morgan fingerprint density at radius 3 is 2.72 bits per heavy atom. The fourth-order valence-electron chi connectivity index (χ4n) is 6.90. The fraction of sp³-hybridized carbons (Fsp3) is 0.500. The van der Waals surface area contributed by atoms with Crippen molar-refractivity contribution in [3.05, 3.63) is 64.2 Å². The summed E-state index contributed by atoms with van der Waals surface area (Å²) in [5, 5.41) is 10.7. The first-order valence-corrected chi connectivity index (χ1v) is 11.4. The van der Waals surface area contributed by atoms with E-state index < -0.39 is 0 Å². The first-order valence-electron chi connectivity index (χ1n) is 11.1. The van der Waals surface area contributed by atoms with E-state index in [0.717, 1.165) is 50.0 Å². The quantitative estimate of drug-likeness (QED) is 0.644. The minimum absolute atomic E-state index is 0.139. The van der Waals surface area contributed by atoms with Crippen molar-refractivity contribution < 1.29 is 9.90 Å². The number of hydrogen-bond donors (Lipinski definition) is 1. The summed E-state index contributed by atoms with van der Waals surface area (Å²) in [5.41, 5.74) is 3.92. The second-order valence-corrected chi connectivity index (χ2v) is 10.2. The van der Waals surface area contributed by atoms with Gasteiger partial charge in [0.2, 0.25) is 0 Å². The molecule has 0 bridgehead atoms. The van der Waals surface area contributed by atoms with Crippen molar-refractivity contribution in [1.82, 2.24) is 0 Å². The maximum absolute atomic E-state index is 13.1. The van der Waals surface area contributed by atoms with Crippen LogP contribution in [0.2, 0.25) is 5.02 Å². The standard InChI is InChI=1S/C26H29ClO2/c1-26-13-12-22-21-11-9-20(28)14-17(21)6-10-23(22)25(26)18(15-24(26)29)5-2-16-3-7-19(27)8-4-16/h3-4,7-9,11,14,18,22-23,25,28H,2,5-6,10,12-13,15H2,1H3/t18-,22+,23+,25-,26+/m0/s1. The number of halogens is 1. The van der Waals surface area contributed by atoms with Gasteiger partial charge >= 0.3 is 0 Å². The molecule has 0 saturated heterocycles. The van der Waals surface area contributed by atoms with Crippen molar-refractivity contribution in [3.63, 3.8) is 0 Å². The molecule has 152 valence electrons. The summed E-state index contributed by atoms with van der Waals surface area (Å²) >= 11 is 6.03. The van der Waals surface area contributed by atoms with Crippen molar-refractivity contribution in [2.75, 3.05) is 0 Å². The van der Waals surface area contributed by atoms with Crippen molar-refractivity contribution in [3.8, 4) is 5.75 Å². The van der Waals surface area contributed by atoms with Crippen LogP contribution in [0.4, 0.5) is 0 Å². The van der Waals surface area contributed by atoms with Gasteiger partial charge in [-0.1, -0.05) is 36.7 Å². The molecule has 0 unspecified atom stereocenters. The molecule has 29 heavy (non-hydrogen) atoms. The van der Waals surface area contributed by atoms with E-state index in [2.05, 4.69) is 25.1 Å². The van der Waals surface area contributed by atoms with Crippen LogP contribution in [0.15, 0.2) is 42.5 Å². The molecular weight excluding hydrogens is 380 g/mol. The zero-order chi connectivity index (χ0) is 20.2. The predicted octanol–water partition coefficient (Wildman–Crippen LogP) is 6.33. The van der Waals surface area contributed by atoms with E-state index in [1.165, 1.54) is 16.7 Å². The second kappa shape index (κ2) is 7.16. The van der Waals surface area contributed by atoms with E-state index in [0.29, 0.717) is 35.2 Å². The highest BCUT2D eigenvalue weighted by Crippen LogP contribution is 2.62. The average Bonchev–Trinajstić information content (AvgIpc) is 2.97. The summed E-state index contributed by atoms with van der Waals surface area (Å²) in [7, 11) is 0. The van der Waals surface area contributed by atoms with Crippen LogP contribution >= 0.6 is 11.6 Å². The molecule has 5 rings (SSSR count). The topological polar surface area (TPSA) is 37.3 Å². The fourth-order valence-corrected chi connectivity index (χ4v) is 7.02. The van der Waals surface area contributed by atoms with E-state index >= 15 is 0 Å².